The molecule has 2 fully saturated rings. The van der Waals surface area contributed by atoms with Gasteiger partial charge in [-0.3, -0.25) is 33.4 Å². The summed E-state index contributed by atoms with van der Waals surface area (Å²) in [6.45, 7) is 9.09. The van der Waals surface area contributed by atoms with Crippen molar-refractivity contribution in [3.05, 3.63) is 133 Å². The molecule has 4 aromatic heterocycles. The summed E-state index contributed by atoms with van der Waals surface area (Å²) in [5, 5.41) is 37.4. The highest BCUT2D eigenvalue weighted by molar-refractivity contribution is 7.10. The number of rotatable bonds is 22. The van der Waals surface area contributed by atoms with Gasteiger partial charge in [0.25, 0.3) is 11.5 Å². The quantitative estimate of drug-likeness (QED) is 0.0220. The number of halogens is 1. The Kier molecular flexibility index (Phi) is 19.3. The van der Waals surface area contributed by atoms with Crippen LogP contribution in [0.4, 0.5) is 21.7 Å². The average molecular weight is 1170 g/mol. The number of ketones is 1. The molecular formula is C61H73FN12O9S. The molecule has 0 bridgehead atoms. The van der Waals surface area contributed by atoms with E-state index in [0.29, 0.717) is 64.9 Å². The highest BCUT2D eigenvalue weighted by Gasteiger charge is 2.40. The fraction of sp³-hybridized carbons (Fsp3) is 0.443. The van der Waals surface area contributed by atoms with E-state index in [-0.39, 0.29) is 108 Å². The maximum absolute atomic E-state index is 15.5. The number of hydrogen-bond acceptors (Lipinski definition) is 16. The minimum absolute atomic E-state index is 0.0238. The fourth-order valence-corrected chi connectivity index (χ4v) is 12.0. The van der Waals surface area contributed by atoms with Crippen molar-refractivity contribution in [3.63, 3.8) is 0 Å². The zero-order chi connectivity index (χ0) is 59.8. The molecule has 0 radical (unpaired) electrons. The number of aromatic nitrogens is 5. The van der Waals surface area contributed by atoms with Crippen LogP contribution in [0.2, 0.25) is 0 Å². The number of anilines is 3. The first-order valence-electron chi connectivity index (χ1n) is 28.5. The third-order valence-electron chi connectivity index (χ3n) is 15.9. The summed E-state index contributed by atoms with van der Waals surface area (Å²) in [6.07, 6.45) is 10.5. The van der Waals surface area contributed by atoms with Crippen molar-refractivity contribution in [2.75, 3.05) is 50.6 Å². The minimum atomic E-state index is -0.847. The number of fused-ring (bicyclic) bond motifs is 1. The van der Waals surface area contributed by atoms with E-state index in [1.807, 2.05) is 25.7 Å². The van der Waals surface area contributed by atoms with Crippen molar-refractivity contribution < 1.29 is 42.9 Å². The van der Waals surface area contributed by atoms with E-state index in [1.165, 1.54) is 28.2 Å². The van der Waals surface area contributed by atoms with Gasteiger partial charge in [0.1, 0.15) is 46.4 Å². The van der Waals surface area contributed by atoms with Crippen LogP contribution in [0.5, 0.6) is 5.75 Å². The first-order chi connectivity index (χ1) is 40.3. The lowest BCUT2D eigenvalue weighted by Gasteiger charge is -2.35. The van der Waals surface area contributed by atoms with Crippen LogP contribution in [0.1, 0.15) is 139 Å². The number of thiazole rings is 1. The molecule has 4 amide bonds. The van der Waals surface area contributed by atoms with Gasteiger partial charge in [-0.05, 0) is 98.5 Å². The molecule has 9 rings (SSSR count). The van der Waals surface area contributed by atoms with Gasteiger partial charge in [-0.1, -0.05) is 52.2 Å². The number of nitrogens with one attached hydrogen (secondary N) is 5. The number of carbonyl (C=O) groups is 5. The number of nitrogens with zero attached hydrogens (tertiary/aromatic N) is 7. The number of ether oxygens (including phenoxy) is 2. The normalized spacial score (nSPS) is 16.2. The largest absolute Gasteiger partial charge is 0.491 e. The molecule has 0 spiro atoms. The summed E-state index contributed by atoms with van der Waals surface area (Å²) >= 11 is 1.36. The molecule has 2 aromatic carbocycles. The van der Waals surface area contributed by atoms with Gasteiger partial charge in [-0.2, -0.15) is 5.10 Å². The van der Waals surface area contributed by atoms with Gasteiger partial charge >= 0.3 is 0 Å². The number of amides is 4. The van der Waals surface area contributed by atoms with E-state index < -0.39 is 35.8 Å². The molecule has 1 saturated carbocycles. The second-order valence-corrected chi connectivity index (χ2v) is 23.5. The number of likely N-dealkylation sites (tertiary alicyclic amines) is 1. The van der Waals surface area contributed by atoms with Crippen molar-refractivity contribution in [1.82, 2.24) is 44.7 Å². The Morgan fingerprint density at radius 1 is 0.976 bits per heavy atom. The lowest BCUT2D eigenvalue weighted by molar-refractivity contribution is -0.139. The predicted octanol–water partition coefficient (Wildman–Crippen LogP) is 7.42. The number of benzene rings is 2. The van der Waals surface area contributed by atoms with Gasteiger partial charge in [0.2, 0.25) is 23.5 Å². The third-order valence-corrected chi connectivity index (χ3v) is 16.8. The minimum Gasteiger partial charge on any atom is -0.491 e. The molecule has 21 nitrogen and oxygen atoms in total. The lowest BCUT2D eigenvalue weighted by Crippen LogP contribution is -2.55. The first-order valence-corrected chi connectivity index (χ1v) is 29.4. The van der Waals surface area contributed by atoms with Crippen molar-refractivity contribution in [2.45, 2.75) is 122 Å². The van der Waals surface area contributed by atoms with Crippen LogP contribution in [0.25, 0.3) is 11.1 Å². The first kappa shape index (κ1) is 60.6. The summed E-state index contributed by atoms with van der Waals surface area (Å²) in [5.41, 5.74) is 2.31. The highest BCUT2D eigenvalue weighted by atomic mass is 32.1. The van der Waals surface area contributed by atoms with Crippen molar-refractivity contribution in [3.8, 4) is 16.9 Å². The van der Waals surface area contributed by atoms with Gasteiger partial charge in [0.15, 0.2) is 5.82 Å². The van der Waals surface area contributed by atoms with E-state index in [4.69, 9.17) is 19.9 Å². The van der Waals surface area contributed by atoms with E-state index in [1.54, 1.807) is 90.7 Å². The highest BCUT2D eigenvalue weighted by Crippen LogP contribution is 2.38. The van der Waals surface area contributed by atoms with Gasteiger partial charge < -0.3 is 55.6 Å². The smallest absolute Gasteiger partial charge is 0.274 e. The molecule has 0 unspecified atom stereocenters. The van der Waals surface area contributed by atoms with E-state index >= 15 is 4.39 Å². The number of hydrogen-bond donors (Lipinski definition) is 6. The van der Waals surface area contributed by atoms with Gasteiger partial charge in [0.05, 0.1) is 62.7 Å². The van der Waals surface area contributed by atoms with Crippen LogP contribution in [0.3, 0.4) is 0 Å². The Morgan fingerprint density at radius 3 is 2.52 bits per heavy atom. The molecule has 444 valence electrons. The van der Waals surface area contributed by atoms with E-state index in [2.05, 4.69) is 31.3 Å². The number of pyridine rings is 2. The predicted molar refractivity (Wildman–Crippen MR) is 316 cm³/mol. The summed E-state index contributed by atoms with van der Waals surface area (Å²) in [6, 6.07) is 13.4. The topological polar surface area (TPSA) is 268 Å². The SMILES string of the molecule is CN[C@@H](C)C(=O)N[C@H](C(=O)N1CCC[C@H]1c1nc(C(=O)c2cccc(OCCOCCC(=O)N3CCn4nc(Nc5cc(-c6ccnc(NC(=O)c7c(F)cc(C(C)(C)C)cc7C=N)c6CO)cn(C)c5=O)cc4C3)c2)cs1)C1CCCCC1. The van der Waals surface area contributed by atoms with Crippen molar-refractivity contribution in [1.29, 1.82) is 5.41 Å². The number of carbonyl (C=O) groups excluding carboxylic acids is 5. The van der Waals surface area contributed by atoms with Crippen LogP contribution >= 0.6 is 11.3 Å². The molecule has 6 N–H and O–H groups in total. The monoisotopic (exact) mass is 1170 g/mol. The second-order valence-electron chi connectivity index (χ2n) is 22.6. The molecule has 1 saturated heterocycles. The zero-order valence-corrected chi connectivity index (χ0v) is 49.1. The molecule has 1 aliphatic carbocycles. The van der Waals surface area contributed by atoms with Crippen LogP contribution < -0.4 is 31.6 Å². The molecule has 6 aromatic rings. The molecule has 23 heteroatoms. The van der Waals surface area contributed by atoms with Crippen LogP contribution in [-0.2, 0) is 51.3 Å². The molecule has 3 aliphatic rings. The summed E-state index contributed by atoms with van der Waals surface area (Å²) in [4.78, 5) is 94.1. The maximum atomic E-state index is 15.5. The maximum Gasteiger partial charge on any atom is 0.274 e. The standard InChI is InChI=1S/C61H73FN12O9S/c1-36(64-5)56(78)68-53(37-12-8-7-9-13-37)60(81)73-20-11-16-49(73)58-67-48(35-84-58)54(77)38-14-10-15-43(27-38)83-25-24-82-23-18-51(76)72-21-22-74-42(33-72)30-50(70-74)66-47-28-40(32-71(6)59(47)80)44-17-19-65-55(45(44)34-75)69-57(79)52-39(31-63)26-41(29-46(52)62)61(2,3)4/h10,14-15,17,19,26-32,35-37,49,53,63-64,75H,7-9,11-13,16,18,20-25,33-34H2,1-6H3,(H,66,70)(H,68,78)(H,65,69,79)/t36-,49-,53-/m0/s1. The Morgan fingerprint density at radius 2 is 1.77 bits per heavy atom. The van der Waals surface area contributed by atoms with Crippen molar-refractivity contribution >= 4 is 64.3 Å². The average Bonchev–Trinajstić information content (AvgIpc) is 4.43. The van der Waals surface area contributed by atoms with E-state index in [0.717, 1.165) is 50.4 Å². The van der Waals surface area contributed by atoms with Crippen LogP contribution in [0, 0.1) is 17.1 Å². The Labute approximate surface area is 490 Å². The summed E-state index contributed by atoms with van der Waals surface area (Å²) in [7, 11) is 3.30. The third kappa shape index (κ3) is 13.8. The Balaban J connectivity index is 0.750. The number of aliphatic hydroxyl groups excluding tert-OH is 1. The molecule has 2 aliphatic heterocycles. The van der Waals surface area contributed by atoms with Crippen molar-refractivity contribution in [2.24, 2.45) is 13.0 Å². The zero-order valence-electron chi connectivity index (χ0n) is 48.3. The number of aryl methyl sites for hydroxylation is 1. The number of likely N-dealkylation sites (N-methyl/N-ethyl adjacent to an activating group) is 1. The molecule has 84 heavy (non-hydrogen) atoms. The summed E-state index contributed by atoms with van der Waals surface area (Å²) < 4.78 is 30.4. The Hall–Kier alpha value is -7.99. The van der Waals surface area contributed by atoms with Gasteiger partial charge in [-0.15, -0.1) is 11.3 Å². The molecular weight excluding hydrogens is 1100 g/mol. The van der Waals surface area contributed by atoms with Gasteiger partial charge in [0, 0.05) is 72.4 Å². The second kappa shape index (κ2) is 26.7. The van der Waals surface area contributed by atoms with E-state index in [9.17, 15) is 33.9 Å². The number of aliphatic hydroxyl groups is 1. The molecule has 6 heterocycles. The Bertz CT molecular complexity index is 3490. The van der Waals surface area contributed by atoms with Crippen LogP contribution in [-0.4, -0.2) is 127 Å². The van der Waals surface area contributed by atoms with Crippen LogP contribution in [0.15, 0.2) is 77.2 Å². The fourth-order valence-electron chi connectivity index (χ4n) is 11.0. The van der Waals surface area contributed by atoms with Gasteiger partial charge in [-0.25, -0.2) is 14.4 Å². The summed E-state index contributed by atoms with van der Waals surface area (Å²) in [5.74, 6) is -1.43. The lowest BCUT2D eigenvalue weighted by atomic mass is 9.83. The molecule has 3 atom stereocenters.